The normalized spacial score (nSPS) is 13.6. The molecule has 172 valence electrons. The smallest absolute Gasteiger partial charge is 0.257 e. The number of nitrogens with one attached hydrogen (secondary N) is 1. The van der Waals surface area contributed by atoms with Crippen LogP contribution in [0.2, 0.25) is 5.02 Å². The van der Waals surface area contributed by atoms with Crippen molar-refractivity contribution in [1.29, 1.82) is 0 Å². The van der Waals surface area contributed by atoms with Crippen LogP contribution in [0.25, 0.3) is 0 Å². The lowest BCUT2D eigenvalue weighted by Gasteiger charge is -2.34. The zero-order chi connectivity index (χ0) is 23.2. The number of hydrogen-bond donors (Lipinski definition) is 1. The van der Waals surface area contributed by atoms with Crippen LogP contribution in [0.15, 0.2) is 52.9 Å². The van der Waals surface area contributed by atoms with Crippen LogP contribution in [0.3, 0.4) is 0 Å². The number of carbonyl (C=O) groups is 2. The van der Waals surface area contributed by atoms with Crippen molar-refractivity contribution in [3.8, 4) is 5.75 Å². The monoisotopic (exact) mass is 503 g/mol. The van der Waals surface area contributed by atoms with E-state index in [0.717, 1.165) is 15.2 Å². The molecule has 0 bridgehead atoms. The van der Waals surface area contributed by atoms with Gasteiger partial charge in [0.2, 0.25) is 11.0 Å². The predicted octanol–water partition coefficient (Wildman–Crippen LogP) is 3.89. The van der Waals surface area contributed by atoms with Crippen LogP contribution in [0.4, 0.5) is 10.8 Å². The van der Waals surface area contributed by atoms with Crippen LogP contribution in [-0.4, -0.2) is 66.0 Å². The molecule has 1 aliphatic heterocycles. The molecule has 11 heteroatoms. The molecule has 0 unspecified atom stereocenters. The number of aromatic nitrogens is 2. The van der Waals surface area contributed by atoms with Gasteiger partial charge in [0, 0.05) is 36.9 Å². The summed E-state index contributed by atoms with van der Waals surface area (Å²) in [7, 11) is 1.54. The second-order valence-electron chi connectivity index (χ2n) is 7.18. The number of anilines is 2. The van der Waals surface area contributed by atoms with Gasteiger partial charge in [-0.25, -0.2) is 0 Å². The maximum absolute atomic E-state index is 13.0. The van der Waals surface area contributed by atoms with Crippen molar-refractivity contribution in [2.24, 2.45) is 0 Å². The molecule has 0 spiro atoms. The van der Waals surface area contributed by atoms with Crippen molar-refractivity contribution >= 4 is 57.3 Å². The number of rotatable bonds is 7. The van der Waals surface area contributed by atoms with Gasteiger partial charge in [-0.15, -0.1) is 10.2 Å². The van der Waals surface area contributed by atoms with E-state index in [9.17, 15) is 9.59 Å². The van der Waals surface area contributed by atoms with Gasteiger partial charge in [-0.2, -0.15) is 0 Å². The molecule has 0 aliphatic carbocycles. The van der Waals surface area contributed by atoms with Crippen LogP contribution in [0, 0.1) is 0 Å². The third-order valence-electron chi connectivity index (χ3n) is 5.01. The first-order valence-corrected chi connectivity index (χ1v) is 12.4. The van der Waals surface area contributed by atoms with Gasteiger partial charge in [0.05, 0.1) is 18.4 Å². The maximum Gasteiger partial charge on any atom is 0.257 e. The van der Waals surface area contributed by atoms with Crippen molar-refractivity contribution in [3.63, 3.8) is 0 Å². The molecule has 1 fully saturated rings. The molecule has 3 aromatic rings. The van der Waals surface area contributed by atoms with Gasteiger partial charge in [0.25, 0.3) is 5.91 Å². The summed E-state index contributed by atoms with van der Waals surface area (Å²) in [6.07, 6.45) is 0. The van der Waals surface area contributed by atoms with Crippen molar-refractivity contribution in [1.82, 2.24) is 15.1 Å². The molecule has 0 radical (unpaired) electrons. The van der Waals surface area contributed by atoms with E-state index in [1.54, 1.807) is 23.1 Å². The summed E-state index contributed by atoms with van der Waals surface area (Å²) in [4.78, 5) is 29.0. The van der Waals surface area contributed by atoms with Gasteiger partial charge in [-0.1, -0.05) is 52.9 Å². The summed E-state index contributed by atoms with van der Waals surface area (Å²) in [5.74, 6) is 0.570. The number of thioether (sulfide) groups is 1. The minimum Gasteiger partial charge on any atom is -0.496 e. The van der Waals surface area contributed by atoms with Gasteiger partial charge in [-0.3, -0.25) is 9.59 Å². The van der Waals surface area contributed by atoms with Gasteiger partial charge in [0.15, 0.2) is 4.34 Å². The van der Waals surface area contributed by atoms with E-state index in [1.807, 2.05) is 30.3 Å². The number of methoxy groups -OCH3 is 1. The van der Waals surface area contributed by atoms with Crippen molar-refractivity contribution in [3.05, 3.63) is 59.1 Å². The topological polar surface area (TPSA) is 87.7 Å². The quantitative estimate of drug-likeness (QED) is 0.489. The first-order valence-electron chi connectivity index (χ1n) is 10.2. The number of hydrogen-bond acceptors (Lipinski definition) is 8. The lowest BCUT2D eigenvalue weighted by Crippen LogP contribution is -2.48. The molecule has 2 amide bonds. The van der Waals surface area contributed by atoms with E-state index < -0.39 is 0 Å². The summed E-state index contributed by atoms with van der Waals surface area (Å²) in [5.41, 5.74) is 1.23. The number of benzene rings is 2. The summed E-state index contributed by atoms with van der Waals surface area (Å²) >= 11 is 8.88. The van der Waals surface area contributed by atoms with Crippen molar-refractivity contribution < 1.29 is 14.3 Å². The first-order chi connectivity index (χ1) is 16.0. The van der Waals surface area contributed by atoms with Crippen LogP contribution in [0.1, 0.15) is 10.4 Å². The molecule has 1 N–H and O–H groups in total. The van der Waals surface area contributed by atoms with Gasteiger partial charge in [0.1, 0.15) is 5.75 Å². The van der Waals surface area contributed by atoms with E-state index in [1.165, 1.54) is 30.2 Å². The Hall–Kier alpha value is -2.82. The molecule has 0 saturated carbocycles. The predicted molar refractivity (Wildman–Crippen MR) is 132 cm³/mol. The number of carbonyl (C=O) groups excluding carboxylic acids is 2. The van der Waals surface area contributed by atoms with E-state index in [4.69, 9.17) is 16.3 Å². The molecule has 0 atom stereocenters. The number of para-hydroxylation sites is 1. The summed E-state index contributed by atoms with van der Waals surface area (Å²) in [6.45, 7) is 2.39. The van der Waals surface area contributed by atoms with Gasteiger partial charge < -0.3 is 19.9 Å². The number of halogens is 1. The maximum atomic E-state index is 13.0. The molecule has 1 saturated heterocycles. The molecular weight excluding hydrogens is 482 g/mol. The Bertz CT molecular complexity index is 1120. The fourth-order valence-electron chi connectivity index (χ4n) is 3.35. The SMILES string of the molecule is COc1ccc(Cl)cc1C(=O)N1CCN(c2nnc(SCC(=O)Nc3ccccc3)s2)CC1. The van der Waals surface area contributed by atoms with Crippen LogP contribution in [-0.2, 0) is 4.79 Å². The van der Waals surface area contributed by atoms with Crippen LogP contribution >= 0.6 is 34.7 Å². The number of piperazine rings is 1. The number of nitrogens with zero attached hydrogens (tertiary/aromatic N) is 4. The Kier molecular flexibility index (Phi) is 7.69. The highest BCUT2D eigenvalue weighted by molar-refractivity contribution is 8.01. The third kappa shape index (κ3) is 5.95. The average molecular weight is 504 g/mol. The fraction of sp³-hybridized carbons (Fsp3) is 0.273. The molecular formula is C22H22ClN5O3S2. The minimum absolute atomic E-state index is 0.0912. The number of amides is 2. The summed E-state index contributed by atoms with van der Waals surface area (Å²) in [6, 6.07) is 14.4. The Morgan fingerprint density at radius 1 is 1.12 bits per heavy atom. The Labute approximate surface area is 204 Å². The molecule has 2 aromatic carbocycles. The molecule has 1 aromatic heterocycles. The second kappa shape index (κ2) is 10.9. The largest absolute Gasteiger partial charge is 0.496 e. The van der Waals surface area contributed by atoms with Crippen molar-refractivity contribution in [2.75, 3.05) is 49.3 Å². The summed E-state index contributed by atoms with van der Waals surface area (Å²) in [5, 5.41) is 12.6. The first kappa shape index (κ1) is 23.3. The van der Waals surface area contributed by atoms with E-state index in [0.29, 0.717) is 42.5 Å². The zero-order valence-corrected chi connectivity index (χ0v) is 20.3. The molecule has 33 heavy (non-hydrogen) atoms. The molecule has 8 nitrogen and oxygen atoms in total. The zero-order valence-electron chi connectivity index (χ0n) is 17.9. The lowest BCUT2D eigenvalue weighted by molar-refractivity contribution is -0.113. The van der Waals surface area contributed by atoms with Crippen LogP contribution in [0.5, 0.6) is 5.75 Å². The fourth-order valence-corrected chi connectivity index (χ4v) is 5.22. The summed E-state index contributed by atoms with van der Waals surface area (Å²) < 4.78 is 6.05. The number of ether oxygens (including phenoxy) is 1. The molecule has 2 heterocycles. The molecule has 1 aliphatic rings. The average Bonchev–Trinajstić information content (AvgIpc) is 3.32. The van der Waals surface area contributed by atoms with Gasteiger partial charge in [-0.05, 0) is 30.3 Å². The third-order valence-corrected chi connectivity index (χ3v) is 7.36. The van der Waals surface area contributed by atoms with E-state index in [-0.39, 0.29) is 17.6 Å². The molecule has 4 rings (SSSR count). The van der Waals surface area contributed by atoms with Crippen molar-refractivity contribution in [2.45, 2.75) is 4.34 Å². The lowest BCUT2D eigenvalue weighted by atomic mass is 10.1. The van der Waals surface area contributed by atoms with E-state index in [2.05, 4.69) is 20.4 Å². The van der Waals surface area contributed by atoms with Gasteiger partial charge >= 0.3 is 0 Å². The highest BCUT2D eigenvalue weighted by Crippen LogP contribution is 2.29. The van der Waals surface area contributed by atoms with Crippen LogP contribution < -0.4 is 15.0 Å². The highest BCUT2D eigenvalue weighted by Gasteiger charge is 2.26. The highest BCUT2D eigenvalue weighted by atomic mass is 35.5. The Morgan fingerprint density at radius 2 is 1.88 bits per heavy atom. The van der Waals surface area contributed by atoms with E-state index >= 15 is 0 Å². The standard InChI is InChI=1S/C22H22ClN5O3S2/c1-31-18-8-7-15(23)13-17(18)20(30)27-9-11-28(12-10-27)21-25-26-22(33-21)32-14-19(29)24-16-5-3-2-4-6-16/h2-8,13H,9-12,14H2,1H3,(H,24,29). The Balaban J connectivity index is 1.29. The Morgan fingerprint density at radius 3 is 2.61 bits per heavy atom. The second-order valence-corrected chi connectivity index (χ2v) is 9.79. The minimum atomic E-state index is -0.105.